The van der Waals surface area contributed by atoms with E-state index < -0.39 is 0 Å². The first-order valence-corrected chi connectivity index (χ1v) is 8.13. The van der Waals surface area contributed by atoms with Crippen molar-refractivity contribution in [3.63, 3.8) is 0 Å². The lowest BCUT2D eigenvalue weighted by atomic mass is 10.1. The van der Waals surface area contributed by atoms with Gasteiger partial charge in [0.25, 0.3) is 0 Å². The first-order chi connectivity index (χ1) is 11.5. The van der Waals surface area contributed by atoms with E-state index in [1.54, 1.807) is 59.7 Å². The molecule has 3 rings (SSSR count). The Bertz CT molecular complexity index is 901. The monoisotopic (exact) mass is 376 g/mol. The average molecular weight is 378 g/mol. The van der Waals surface area contributed by atoms with Gasteiger partial charge in [-0.25, -0.2) is 4.98 Å². The van der Waals surface area contributed by atoms with Crippen LogP contribution in [0.4, 0.5) is 0 Å². The minimum absolute atomic E-state index is 0.232. The quantitative estimate of drug-likeness (QED) is 0.430. The van der Waals surface area contributed by atoms with Gasteiger partial charge in [-0.1, -0.05) is 46.9 Å². The van der Waals surface area contributed by atoms with Crippen LogP contribution >= 0.6 is 34.8 Å². The van der Waals surface area contributed by atoms with E-state index >= 15 is 0 Å². The number of halogens is 3. The molecule has 0 aliphatic heterocycles. The molecule has 6 heteroatoms. The minimum atomic E-state index is -0.232. The summed E-state index contributed by atoms with van der Waals surface area (Å²) < 4.78 is 1.64. The molecule has 0 unspecified atom stereocenters. The Morgan fingerprint density at radius 2 is 1.71 bits per heavy atom. The van der Waals surface area contributed by atoms with Crippen molar-refractivity contribution in [3.8, 4) is 0 Å². The molecule has 0 spiro atoms. The molecular weight excluding hydrogens is 367 g/mol. The predicted molar refractivity (Wildman–Crippen MR) is 98.6 cm³/mol. The second-order valence-electron chi connectivity index (χ2n) is 5.00. The molecular formula is C18H11Cl3N2O. The van der Waals surface area contributed by atoms with Crippen LogP contribution in [-0.4, -0.2) is 15.3 Å². The zero-order valence-corrected chi connectivity index (χ0v) is 14.6. The summed E-state index contributed by atoms with van der Waals surface area (Å²) in [5.41, 5.74) is 1.62. The van der Waals surface area contributed by atoms with Gasteiger partial charge >= 0.3 is 0 Å². The van der Waals surface area contributed by atoms with Crippen molar-refractivity contribution in [3.05, 3.63) is 87.4 Å². The summed E-state index contributed by atoms with van der Waals surface area (Å²) in [4.78, 5) is 17.0. The highest BCUT2D eigenvalue weighted by molar-refractivity contribution is 6.40. The molecule has 0 fully saturated rings. The van der Waals surface area contributed by atoms with Gasteiger partial charge in [0.1, 0.15) is 0 Å². The normalized spacial score (nSPS) is 11.5. The van der Waals surface area contributed by atoms with E-state index in [9.17, 15) is 4.79 Å². The Labute approximate surface area is 154 Å². The number of aromatic nitrogens is 2. The van der Waals surface area contributed by atoms with Crippen LogP contribution in [-0.2, 0) is 0 Å². The smallest absolute Gasteiger partial charge is 0.211 e. The van der Waals surface area contributed by atoms with Crippen LogP contribution in [0, 0.1) is 0 Å². The summed E-state index contributed by atoms with van der Waals surface area (Å²) in [7, 11) is 0. The molecule has 1 heterocycles. The Morgan fingerprint density at radius 3 is 2.33 bits per heavy atom. The van der Waals surface area contributed by atoms with Crippen molar-refractivity contribution >= 4 is 52.4 Å². The Balaban J connectivity index is 2.08. The van der Waals surface area contributed by atoms with Gasteiger partial charge < -0.3 is 4.57 Å². The zero-order valence-electron chi connectivity index (χ0n) is 12.3. The largest absolute Gasteiger partial charge is 0.303 e. The molecule has 0 saturated carbocycles. The number of carbonyl (C=O) groups excluding carboxylic acids is 1. The Hall–Kier alpha value is -2.07. The molecule has 0 atom stereocenters. The topological polar surface area (TPSA) is 34.9 Å². The van der Waals surface area contributed by atoms with Gasteiger partial charge in [0.05, 0.1) is 17.0 Å². The second kappa shape index (κ2) is 7.22. The summed E-state index contributed by atoms with van der Waals surface area (Å²) in [5, 5.41) is 1.40. The van der Waals surface area contributed by atoms with E-state index in [0.29, 0.717) is 26.3 Å². The lowest BCUT2D eigenvalue weighted by Crippen LogP contribution is -2.08. The third kappa shape index (κ3) is 3.70. The van der Waals surface area contributed by atoms with Crippen LogP contribution in [0.3, 0.4) is 0 Å². The number of nitrogens with zero attached hydrogens (tertiary/aromatic N) is 2. The number of hydrogen-bond acceptors (Lipinski definition) is 2. The molecule has 3 aromatic rings. The van der Waals surface area contributed by atoms with E-state index in [4.69, 9.17) is 34.8 Å². The van der Waals surface area contributed by atoms with Crippen molar-refractivity contribution in [1.82, 2.24) is 9.55 Å². The standard InChI is InChI=1S/C18H11Cl3N2O/c19-13-3-1-12(2-4-13)9-17(23-8-7-22-11-23)18(24)15-6-5-14(20)10-16(15)21/h1-11H/b17-9-. The van der Waals surface area contributed by atoms with E-state index in [-0.39, 0.29) is 5.78 Å². The highest BCUT2D eigenvalue weighted by Gasteiger charge is 2.17. The SMILES string of the molecule is O=C(/C(=C/c1ccc(Cl)cc1)n1ccnc1)c1ccc(Cl)cc1Cl. The molecule has 0 saturated heterocycles. The van der Waals surface area contributed by atoms with Crippen LogP contribution in [0.2, 0.25) is 15.1 Å². The number of ketones is 1. The van der Waals surface area contributed by atoms with Crippen LogP contribution in [0.5, 0.6) is 0 Å². The average Bonchev–Trinajstić information content (AvgIpc) is 3.08. The molecule has 3 nitrogen and oxygen atoms in total. The first kappa shape index (κ1) is 16.8. The van der Waals surface area contributed by atoms with Crippen molar-refractivity contribution in [2.75, 3.05) is 0 Å². The predicted octanol–water partition coefficient (Wildman–Crippen LogP) is 5.72. The van der Waals surface area contributed by atoms with Gasteiger partial charge in [-0.3, -0.25) is 4.79 Å². The maximum atomic E-state index is 13.0. The minimum Gasteiger partial charge on any atom is -0.303 e. The van der Waals surface area contributed by atoms with E-state index in [0.717, 1.165) is 5.56 Å². The highest BCUT2D eigenvalue weighted by atomic mass is 35.5. The fourth-order valence-corrected chi connectivity index (χ4v) is 2.81. The molecule has 2 aromatic carbocycles. The lowest BCUT2D eigenvalue weighted by molar-refractivity contribution is 0.105. The lowest BCUT2D eigenvalue weighted by Gasteiger charge is -2.10. The van der Waals surface area contributed by atoms with Crippen LogP contribution in [0.25, 0.3) is 11.8 Å². The van der Waals surface area contributed by atoms with Gasteiger partial charge in [-0.15, -0.1) is 0 Å². The Morgan fingerprint density at radius 1 is 1.00 bits per heavy atom. The van der Waals surface area contributed by atoms with Crippen molar-refractivity contribution < 1.29 is 4.79 Å². The molecule has 0 N–H and O–H groups in total. The van der Waals surface area contributed by atoms with E-state index in [2.05, 4.69) is 4.98 Å². The van der Waals surface area contributed by atoms with Crippen molar-refractivity contribution in [1.29, 1.82) is 0 Å². The number of imidazole rings is 1. The number of hydrogen-bond donors (Lipinski definition) is 0. The molecule has 0 radical (unpaired) electrons. The first-order valence-electron chi connectivity index (χ1n) is 7.00. The molecule has 0 aliphatic rings. The van der Waals surface area contributed by atoms with E-state index in [1.807, 2.05) is 12.1 Å². The van der Waals surface area contributed by atoms with Gasteiger partial charge in [-0.05, 0) is 42.0 Å². The molecule has 1 aromatic heterocycles. The van der Waals surface area contributed by atoms with Gasteiger partial charge in [0.2, 0.25) is 5.78 Å². The van der Waals surface area contributed by atoms with Crippen LogP contribution in [0.1, 0.15) is 15.9 Å². The van der Waals surface area contributed by atoms with Crippen LogP contribution < -0.4 is 0 Å². The highest BCUT2D eigenvalue weighted by Crippen LogP contribution is 2.26. The summed E-state index contributed by atoms with van der Waals surface area (Å²) >= 11 is 18.0. The van der Waals surface area contributed by atoms with Gasteiger partial charge in [0.15, 0.2) is 0 Å². The molecule has 0 bridgehead atoms. The Kier molecular flexibility index (Phi) is 5.05. The number of carbonyl (C=O) groups is 1. The fraction of sp³-hybridized carbons (Fsp3) is 0. The summed E-state index contributed by atoms with van der Waals surface area (Å²) in [6, 6.07) is 12.0. The molecule has 24 heavy (non-hydrogen) atoms. The van der Waals surface area contributed by atoms with Gasteiger partial charge in [0, 0.05) is 28.0 Å². The molecule has 120 valence electrons. The third-order valence-corrected chi connectivity index (χ3v) is 4.16. The molecule has 0 aliphatic carbocycles. The van der Waals surface area contributed by atoms with Crippen LogP contribution in [0.15, 0.2) is 61.2 Å². The second-order valence-corrected chi connectivity index (χ2v) is 6.28. The van der Waals surface area contributed by atoms with Crippen molar-refractivity contribution in [2.45, 2.75) is 0 Å². The number of allylic oxidation sites excluding steroid dienone is 1. The molecule has 0 amide bonds. The summed E-state index contributed by atoms with van der Waals surface area (Å²) in [6.45, 7) is 0. The maximum absolute atomic E-state index is 13.0. The third-order valence-electron chi connectivity index (χ3n) is 3.36. The van der Waals surface area contributed by atoms with Gasteiger partial charge in [-0.2, -0.15) is 0 Å². The summed E-state index contributed by atoms with van der Waals surface area (Å²) in [6.07, 6.45) is 6.62. The van der Waals surface area contributed by atoms with Crippen molar-refractivity contribution in [2.24, 2.45) is 0 Å². The van der Waals surface area contributed by atoms with E-state index in [1.165, 1.54) is 0 Å². The fourth-order valence-electron chi connectivity index (χ4n) is 2.19. The number of benzene rings is 2. The maximum Gasteiger partial charge on any atom is 0.211 e. The number of rotatable bonds is 4. The number of Topliss-reactive ketones (excluding diaryl/α,β-unsaturated/α-hetero) is 1. The summed E-state index contributed by atoms with van der Waals surface area (Å²) in [5.74, 6) is -0.232. The zero-order chi connectivity index (χ0) is 17.1.